The standard InChI is InChI=1S/C22H42OS2/c1-12-22(11,16-19(5,6)13-17(2)3)25-24-21(9,10)15-20(7,8)14-18(4)23/h2,12-16H2,1,3-11H3. The number of carbonyl (C=O) groups excluding carboxylic acids is 1. The number of ketones is 1. The molecule has 0 aliphatic heterocycles. The monoisotopic (exact) mass is 386 g/mol. The Morgan fingerprint density at radius 2 is 1.32 bits per heavy atom. The summed E-state index contributed by atoms with van der Waals surface area (Å²) in [6.45, 7) is 26.5. The summed E-state index contributed by atoms with van der Waals surface area (Å²) in [4.78, 5) is 11.5. The van der Waals surface area contributed by atoms with E-state index in [2.05, 4.69) is 68.9 Å². The summed E-state index contributed by atoms with van der Waals surface area (Å²) < 4.78 is 0.407. The van der Waals surface area contributed by atoms with Crippen LogP contribution in [0.25, 0.3) is 0 Å². The molecule has 148 valence electrons. The van der Waals surface area contributed by atoms with E-state index in [9.17, 15) is 4.79 Å². The first-order chi connectivity index (χ1) is 11.0. The van der Waals surface area contributed by atoms with Gasteiger partial charge in [-0.3, -0.25) is 0 Å². The van der Waals surface area contributed by atoms with Crippen LogP contribution in [0, 0.1) is 10.8 Å². The van der Waals surface area contributed by atoms with Crippen LogP contribution in [0.15, 0.2) is 12.2 Å². The van der Waals surface area contributed by atoms with Crippen LogP contribution in [-0.4, -0.2) is 15.3 Å². The van der Waals surface area contributed by atoms with Gasteiger partial charge in [0.1, 0.15) is 5.78 Å². The summed E-state index contributed by atoms with van der Waals surface area (Å²) >= 11 is 0. The maximum absolute atomic E-state index is 11.5. The van der Waals surface area contributed by atoms with Gasteiger partial charge in [0.15, 0.2) is 0 Å². The van der Waals surface area contributed by atoms with Crippen molar-refractivity contribution in [3.63, 3.8) is 0 Å². The largest absolute Gasteiger partial charge is 0.300 e. The third-order valence-corrected chi connectivity index (χ3v) is 8.81. The molecular formula is C22H42OS2. The smallest absolute Gasteiger partial charge is 0.130 e. The van der Waals surface area contributed by atoms with Gasteiger partial charge >= 0.3 is 0 Å². The van der Waals surface area contributed by atoms with Gasteiger partial charge in [-0.25, -0.2) is 0 Å². The quantitative estimate of drug-likeness (QED) is 0.249. The number of carbonyl (C=O) groups is 1. The summed E-state index contributed by atoms with van der Waals surface area (Å²) in [7, 11) is 4.05. The second-order valence-electron chi connectivity index (χ2n) is 10.4. The molecule has 0 heterocycles. The number of allylic oxidation sites excluding steroid dienone is 1. The number of Topliss-reactive ketones (excluding diaryl/α,β-unsaturated/α-hetero) is 1. The van der Waals surface area contributed by atoms with E-state index in [4.69, 9.17) is 0 Å². The number of rotatable bonds is 12. The normalized spacial score (nSPS) is 15.8. The second kappa shape index (κ2) is 9.35. The minimum Gasteiger partial charge on any atom is -0.300 e. The molecule has 0 radical (unpaired) electrons. The van der Waals surface area contributed by atoms with E-state index in [1.165, 1.54) is 12.0 Å². The fourth-order valence-electron chi connectivity index (χ4n) is 4.24. The average molecular weight is 387 g/mol. The molecule has 1 unspecified atom stereocenters. The summed E-state index contributed by atoms with van der Waals surface area (Å²) in [5.41, 5.74) is 1.61. The highest BCUT2D eigenvalue weighted by Gasteiger charge is 2.36. The molecule has 0 N–H and O–H groups in total. The molecule has 0 amide bonds. The van der Waals surface area contributed by atoms with Crippen molar-refractivity contribution in [2.75, 3.05) is 0 Å². The van der Waals surface area contributed by atoms with Crippen molar-refractivity contribution in [1.29, 1.82) is 0 Å². The van der Waals surface area contributed by atoms with E-state index in [0.29, 0.717) is 12.2 Å². The molecule has 0 aromatic heterocycles. The van der Waals surface area contributed by atoms with Crippen molar-refractivity contribution in [3.8, 4) is 0 Å². The summed E-state index contributed by atoms with van der Waals surface area (Å²) in [5.74, 6) is 0.290. The third-order valence-electron chi connectivity index (χ3n) is 4.48. The molecule has 1 nitrogen and oxygen atoms in total. The zero-order valence-electron chi connectivity index (χ0n) is 18.5. The van der Waals surface area contributed by atoms with E-state index in [1.54, 1.807) is 6.92 Å². The van der Waals surface area contributed by atoms with Gasteiger partial charge < -0.3 is 4.79 Å². The minimum absolute atomic E-state index is 0.0603. The highest BCUT2D eigenvalue weighted by Crippen LogP contribution is 2.53. The Labute approximate surface area is 166 Å². The van der Waals surface area contributed by atoms with Crippen LogP contribution >= 0.6 is 21.6 Å². The summed E-state index contributed by atoms with van der Waals surface area (Å²) in [6.07, 6.45) is 5.15. The lowest BCUT2D eigenvalue weighted by atomic mass is 9.78. The molecule has 3 heteroatoms. The topological polar surface area (TPSA) is 17.1 Å². The van der Waals surface area contributed by atoms with Crippen molar-refractivity contribution in [2.24, 2.45) is 10.8 Å². The SMILES string of the molecule is C=C(C)CC(C)(C)CC(C)(CC)SSC(C)(C)CC(C)(C)CC(C)=O. The van der Waals surface area contributed by atoms with Crippen molar-refractivity contribution in [3.05, 3.63) is 12.2 Å². The Hall–Kier alpha value is 0.110. The highest BCUT2D eigenvalue weighted by atomic mass is 33.1. The number of hydrogen-bond donors (Lipinski definition) is 0. The van der Waals surface area contributed by atoms with Crippen LogP contribution in [-0.2, 0) is 4.79 Å². The van der Waals surface area contributed by atoms with E-state index in [1.807, 2.05) is 21.6 Å². The zero-order chi connectivity index (χ0) is 20.1. The highest BCUT2D eigenvalue weighted by molar-refractivity contribution is 8.77. The van der Waals surface area contributed by atoms with E-state index in [0.717, 1.165) is 19.3 Å². The molecule has 0 aliphatic carbocycles. The van der Waals surface area contributed by atoms with Gasteiger partial charge in [-0.05, 0) is 71.1 Å². The molecule has 0 rings (SSSR count). The zero-order valence-corrected chi connectivity index (χ0v) is 20.1. The lowest BCUT2D eigenvalue weighted by Gasteiger charge is -2.40. The predicted octanol–water partition coefficient (Wildman–Crippen LogP) is 8.09. The third kappa shape index (κ3) is 11.4. The molecule has 0 spiro atoms. The predicted molar refractivity (Wildman–Crippen MR) is 119 cm³/mol. The Morgan fingerprint density at radius 1 is 0.840 bits per heavy atom. The molecule has 25 heavy (non-hydrogen) atoms. The van der Waals surface area contributed by atoms with Crippen molar-refractivity contribution < 1.29 is 4.79 Å². The average Bonchev–Trinajstić information content (AvgIpc) is 2.31. The maximum atomic E-state index is 11.5. The molecule has 0 fully saturated rings. The first kappa shape index (κ1) is 25.1. The van der Waals surface area contributed by atoms with Crippen LogP contribution in [0.5, 0.6) is 0 Å². The molecule has 0 aromatic carbocycles. The van der Waals surface area contributed by atoms with Crippen LogP contribution in [0.2, 0.25) is 0 Å². The maximum Gasteiger partial charge on any atom is 0.130 e. The van der Waals surface area contributed by atoms with Gasteiger partial charge in [-0.1, -0.05) is 61.8 Å². The lowest BCUT2D eigenvalue weighted by Crippen LogP contribution is -2.30. The van der Waals surface area contributed by atoms with Gasteiger partial charge in [-0.2, -0.15) is 0 Å². The van der Waals surface area contributed by atoms with Gasteiger partial charge in [-0.15, -0.1) is 6.58 Å². The van der Waals surface area contributed by atoms with E-state index < -0.39 is 0 Å². The lowest BCUT2D eigenvalue weighted by molar-refractivity contribution is -0.119. The summed E-state index contributed by atoms with van der Waals surface area (Å²) in [5, 5.41) is 0. The first-order valence-electron chi connectivity index (χ1n) is 9.52. The molecule has 0 saturated carbocycles. The van der Waals surface area contributed by atoms with Crippen LogP contribution in [0.3, 0.4) is 0 Å². The van der Waals surface area contributed by atoms with Gasteiger partial charge in [0.25, 0.3) is 0 Å². The fraction of sp³-hybridized carbons (Fsp3) is 0.864. The Balaban J connectivity index is 4.91. The molecule has 0 aromatic rings. The molecule has 0 aliphatic rings. The molecular weight excluding hydrogens is 344 g/mol. The van der Waals surface area contributed by atoms with Crippen molar-refractivity contribution in [2.45, 2.75) is 111 Å². The van der Waals surface area contributed by atoms with Crippen molar-refractivity contribution >= 4 is 27.4 Å². The first-order valence-corrected chi connectivity index (χ1v) is 11.7. The van der Waals surface area contributed by atoms with Gasteiger partial charge in [0.2, 0.25) is 0 Å². The van der Waals surface area contributed by atoms with E-state index >= 15 is 0 Å². The van der Waals surface area contributed by atoms with Crippen LogP contribution in [0.1, 0.15) is 101 Å². The molecule has 0 saturated heterocycles. The molecule has 1 atom stereocenters. The van der Waals surface area contributed by atoms with Gasteiger partial charge in [0.05, 0.1) is 0 Å². The summed E-state index contributed by atoms with van der Waals surface area (Å²) in [6, 6.07) is 0. The Bertz CT molecular complexity index is 463. The van der Waals surface area contributed by atoms with Crippen molar-refractivity contribution in [1.82, 2.24) is 0 Å². The Kier molecular flexibility index (Phi) is 9.39. The van der Waals surface area contributed by atoms with Gasteiger partial charge in [0, 0.05) is 15.9 Å². The van der Waals surface area contributed by atoms with E-state index in [-0.39, 0.29) is 20.3 Å². The van der Waals surface area contributed by atoms with Crippen LogP contribution < -0.4 is 0 Å². The molecule has 0 bridgehead atoms. The fourth-order valence-corrected chi connectivity index (χ4v) is 7.67. The Morgan fingerprint density at radius 3 is 1.72 bits per heavy atom. The second-order valence-corrected chi connectivity index (χ2v) is 13.8. The van der Waals surface area contributed by atoms with Crippen LogP contribution in [0.4, 0.5) is 0 Å². The minimum atomic E-state index is 0.0603. The number of hydrogen-bond acceptors (Lipinski definition) is 3.